The van der Waals surface area contributed by atoms with Crippen molar-refractivity contribution in [1.29, 1.82) is 0 Å². The molecule has 45 heavy (non-hydrogen) atoms. The highest BCUT2D eigenvalue weighted by atomic mass is 16.7. The third kappa shape index (κ3) is 4.69. The zero-order valence-electron chi connectivity index (χ0n) is 28.7. The van der Waals surface area contributed by atoms with Crippen molar-refractivity contribution in [2.75, 3.05) is 32.9 Å². The average Bonchev–Trinajstić information content (AvgIpc) is 3.52. The van der Waals surface area contributed by atoms with Crippen molar-refractivity contribution < 1.29 is 33.6 Å². The van der Waals surface area contributed by atoms with Crippen molar-refractivity contribution in [3.05, 3.63) is 0 Å². The second kappa shape index (κ2) is 10.6. The lowest BCUT2D eigenvalue weighted by Gasteiger charge is -2.60. The maximum Gasteiger partial charge on any atom is 0.303 e. The minimum Gasteiger partial charge on any atom is -0.457 e. The molecule has 0 aromatic carbocycles. The Morgan fingerprint density at radius 3 is 2.47 bits per heavy atom. The van der Waals surface area contributed by atoms with Crippen LogP contribution in [0.25, 0.3) is 0 Å². The summed E-state index contributed by atoms with van der Waals surface area (Å²) in [5.41, 5.74) is 0.290. The van der Waals surface area contributed by atoms with Crippen LogP contribution < -0.4 is 0 Å². The molecule has 8 heteroatoms. The van der Waals surface area contributed by atoms with Crippen molar-refractivity contribution in [1.82, 2.24) is 4.90 Å². The highest BCUT2D eigenvalue weighted by molar-refractivity contribution is 5.66. The van der Waals surface area contributed by atoms with Crippen molar-refractivity contribution in [2.24, 2.45) is 45.3 Å². The van der Waals surface area contributed by atoms with Crippen LogP contribution in [0.1, 0.15) is 106 Å². The Balaban J connectivity index is 0.967. The lowest BCUT2D eigenvalue weighted by Crippen LogP contribution is -2.58. The van der Waals surface area contributed by atoms with Gasteiger partial charge in [0.15, 0.2) is 12.4 Å². The van der Waals surface area contributed by atoms with E-state index in [0.29, 0.717) is 40.0 Å². The first kappa shape index (κ1) is 31.5. The molecule has 12 atom stereocenters. The number of hydrogen-bond acceptors (Lipinski definition) is 8. The minimum atomic E-state index is -1.13. The van der Waals surface area contributed by atoms with Gasteiger partial charge in [-0.1, -0.05) is 20.8 Å². The van der Waals surface area contributed by atoms with Crippen molar-refractivity contribution >= 4 is 5.97 Å². The minimum absolute atomic E-state index is 0.125. The number of carbonyl (C=O) groups excluding carboxylic acids is 1. The van der Waals surface area contributed by atoms with E-state index in [-0.39, 0.29) is 36.0 Å². The van der Waals surface area contributed by atoms with Crippen LogP contribution >= 0.6 is 0 Å². The van der Waals surface area contributed by atoms with Gasteiger partial charge >= 0.3 is 5.97 Å². The highest BCUT2D eigenvalue weighted by Gasteiger charge is 2.80. The van der Waals surface area contributed by atoms with E-state index in [0.717, 1.165) is 64.5 Å². The number of rotatable bonds is 6. The third-order valence-corrected chi connectivity index (χ3v) is 15.4. The molecule has 5 aliphatic carbocycles. The number of esters is 1. The second-order valence-corrected chi connectivity index (χ2v) is 18.1. The predicted molar refractivity (Wildman–Crippen MR) is 168 cm³/mol. The molecular formula is C37H59NO7. The van der Waals surface area contributed by atoms with Gasteiger partial charge in [0.25, 0.3) is 0 Å². The van der Waals surface area contributed by atoms with Gasteiger partial charge in [0.1, 0.15) is 0 Å². The summed E-state index contributed by atoms with van der Waals surface area (Å²) in [7, 11) is 0. The van der Waals surface area contributed by atoms with E-state index in [1.807, 2.05) is 0 Å². The van der Waals surface area contributed by atoms with Crippen LogP contribution in [0.2, 0.25) is 0 Å². The smallest absolute Gasteiger partial charge is 0.303 e. The molecule has 1 N–H and O–H groups in total. The van der Waals surface area contributed by atoms with E-state index in [1.54, 1.807) is 13.8 Å². The molecule has 3 saturated heterocycles. The lowest BCUT2D eigenvalue weighted by atomic mass is 9.46. The van der Waals surface area contributed by atoms with Crippen LogP contribution in [0.3, 0.4) is 0 Å². The molecule has 10 unspecified atom stereocenters. The first-order chi connectivity index (χ1) is 21.3. The molecule has 3 aliphatic heterocycles. The second-order valence-electron chi connectivity index (χ2n) is 18.1. The molecule has 8 aliphatic rings. The summed E-state index contributed by atoms with van der Waals surface area (Å²) in [6.45, 7) is 16.8. The quantitative estimate of drug-likeness (QED) is 0.395. The topological polar surface area (TPSA) is 86.7 Å². The van der Waals surface area contributed by atoms with Crippen LogP contribution in [0.4, 0.5) is 0 Å². The summed E-state index contributed by atoms with van der Waals surface area (Å²) in [6, 6.07) is 0.536. The van der Waals surface area contributed by atoms with Gasteiger partial charge in [0.2, 0.25) is 0 Å². The molecule has 2 spiro atoms. The lowest BCUT2D eigenvalue weighted by molar-refractivity contribution is -0.253. The van der Waals surface area contributed by atoms with Gasteiger partial charge in [0.05, 0.1) is 56.3 Å². The Hall–Kier alpha value is -0.770. The molecule has 8 rings (SSSR count). The first-order valence-corrected chi connectivity index (χ1v) is 18.4. The van der Waals surface area contributed by atoms with Gasteiger partial charge < -0.3 is 28.8 Å². The third-order valence-electron chi connectivity index (χ3n) is 15.4. The number of nitrogens with zero attached hydrogens (tertiary/aromatic N) is 1. The Morgan fingerprint density at radius 2 is 1.76 bits per heavy atom. The SMILES string of the molecule is CC(=O)O[C@@H](C1CCC2C(CC3C4CCC5C(C)(C)[C@@H](OC6CN(C7COC7)CCO6)CCC56CC46CCC23C)O1)C(C)(C)O. The van der Waals surface area contributed by atoms with Gasteiger partial charge in [-0.15, -0.1) is 0 Å². The molecule has 0 aromatic rings. The Kier molecular flexibility index (Phi) is 7.43. The summed E-state index contributed by atoms with van der Waals surface area (Å²) < 4.78 is 31.1. The largest absolute Gasteiger partial charge is 0.457 e. The maximum atomic E-state index is 11.9. The molecule has 8 nitrogen and oxygen atoms in total. The zero-order valence-corrected chi connectivity index (χ0v) is 28.7. The van der Waals surface area contributed by atoms with Crippen molar-refractivity contribution in [3.8, 4) is 0 Å². The Bertz CT molecular complexity index is 1170. The van der Waals surface area contributed by atoms with E-state index >= 15 is 0 Å². The molecule has 0 aromatic heterocycles. The number of hydrogen-bond donors (Lipinski definition) is 1. The zero-order chi connectivity index (χ0) is 31.6. The molecule has 0 bridgehead atoms. The molecule has 254 valence electrons. The molecule has 5 saturated carbocycles. The fraction of sp³-hybridized carbons (Fsp3) is 0.973. The van der Waals surface area contributed by atoms with E-state index in [9.17, 15) is 9.90 Å². The fourth-order valence-electron chi connectivity index (χ4n) is 13.2. The van der Waals surface area contributed by atoms with Crippen LogP contribution in [-0.4, -0.2) is 91.2 Å². The normalized spacial score (nSPS) is 49.8. The number of fused-ring (bicyclic) bond motifs is 4. The average molecular weight is 630 g/mol. The monoisotopic (exact) mass is 629 g/mol. The van der Waals surface area contributed by atoms with E-state index in [2.05, 4.69) is 25.7 Å². The molecule has 8 fully saturated rings. The number of ether oxygens (including phenoxy) is 5. The van der Waals surface area contributed by atoms with Crippen molar-refractivity contribution in [3.63, 3.8) is 0 Å². The number of morpholine rings is 1. The van der Waals surface area contributed by atoms with Crippen LogP contribution in [0.15, 0.2) is 0 Å². The summed E-state index contributed by atoms with van der Waals surface area (Å²) in [4.78, 5) is 14.5. The van der Waals surface area contributed by atoms with Crippen molar-refractivity contribution in [2.45, 2.75) is 148 Å². The number of aliphatic hydroxyl groups is 1. The standard InChI is InChI=1S/C37H59NO7/c1-22(39)43-32(34(4,5)40)27-9-7-25-28(44-27)17-26-24-8-10-29-33(2,3)30(45-31-18-38(15-16-42-31)23-19-41-20-23)11-12-37(29)21-36(24,37)14-13-35(25,26)6/h23-32,40H,7-21H2,1-6H3/t24?,25?,26?,27?,28?,29?,30-,31?,32-,35?,36?,37?/m0/s1. The van der Waals surface area contributed by atoms with E-state index < -0.39 is 11.7 Å². The molecule has 3 heterocycles. The van der Waals surface area contributed by atoms with Crippen LogP contribution in [0, 0.1) is 45.3 Å². The summed E-state index contributed by atoms with van der Waals surface area (Å²) in [5.74, 6) is 2.41. The van der Waals surface area contributed by atoms with E-state index in [1.165, 1.54) is 45.4 Å². The molecular weight excluding hydrogens is 570 g/mol. The van der Waals surface area contributed by atoms with Crippen LogP contribution in [0.5, 0.6) is 0 Å². The molecule has 0 radical (unpaired) electrons. The fourth-order valence-corrected chi connectivity index (χ4v) is 13.2. The molecule has 0 amide bonds. The van der Waals surface area contributed by atoms with Gasteiger partial charge in [-0.3, -0.25) is 9.69 Å². The maximum absolute atomic E-state index is 11.9. The van der Waals surface area contributed by atoms with Crippen LogP contribution in [-0.2, 0) is 28.5 Å². The Labute approximate surface area is 270 Å². The summed E-state index contributed by atoms with van der Waals surface area (Å²) >= 11 is 0. The predicted octanol–water partition coefficient (Wildman–Crippen LogP) is 5.34. The number of carbonyl (C=O) groups is 1. The van der Waals surface area contributed by atoms with Gasteiger partial charge in [-0.25, -0.2) is 0 Å². The highest BCUT2D eigenvalue weighted by Crippen LogP contribution is 2.87. The Morgan fingerprint density at radius 1 is 0.978 bits per heavy atom. The first-order valence-electron chi connectivity index (χ1n) is 18.4. The summed E-state index contributed by atoms with van der Waals surface area (Å²) in [6.07, 6.45) is 11.7. The van der Waals surface area contributed by atoms with Gasteiger partial charge in [0, 0.05) is 13.5 Å². The summed E-state index contributed by atoms with van der Waals surface area (Å²) in [5, 5.41) is 10.9. The van der Waals surface area contributed by atoms with E-state index in [4.69, 9.17) is 23.7 Å². The van der Waals surface area contributed by atoms with Gasteiger partial charge in [-0.2, -0.15) is 0 Å². The van der Waals surface area contributed by atoms with Gasteiger partial charge in [-0.05, 0) is 123 Å².